The minimum Gasteiger partial charge on any atom is -0.355 e. The number of carbonyl (C=O) groups is 1. The van der Waals surface area contributed by atoms with Gasteiger partial charge in [0.2, 0.25) is 5.91 Å². The molecule has 1 aromatic heterocycles. The Balaban J connectivity index is 2.03. The molecule has 2 rings (SSSR count). The van der Waals surface area contributed by atoms with Gasteiger partial charge in [0, 0.05) is 18.1 Å². The van der Waals surface area contributed by atoms with E-state index in [-0.39, 0.29) is 5.91 Å². The fourth-order valence-corrected chi connectivity index (χ4v) is 2.35. The Hall–Kier alpha value is -1.48. The lowest BCUT2D eigenvalue weighted by Gasteiger charge is -2.09. The fraction of sp³-hybridized carbons (Fsp3) is 0.400. The maximum absolute atomic E-state index is 11.9. The SMILES string of the molecule is CC(C)CCNC(=O)Cn1ccc2cccc(Cl)c21. The number of aromatic nitrogens is 1. The molecule has 1 aromatic carbocycles. The zero-order valence-electron chi connectivity index (χ0n) is 11.3. The number of rotatable bonds is 5. The highest BCUT2D eigenvalue weighted by Gasteiger charge is 2.08. The summed E-state index contributed by atoms with van der Waals surface area (Å²) in [6.07, 6.45) is 2.90. The molecule has 0 atom stereocenters. The van der Waals surface area contributed by atoms with Crippen LogP contribution in [0.4, 0.5) is 0 Å². The van der Waals surface area contributed by atoms with Crippen LogP contribution in [0, 0.1) is 5.92 Å². The quantitative estimate of drug-likeness (QED) is 0.893. The maximum Gasteiger partial charge on any atom is 0.239 e. The van der Waals surface area contributed by atoms with Crippen LogP contribution < -0.4 is 5.32 Å². The van der Waals surface area contributed by atoms with Crippen molar-refractivity contribution in [2.45, 2.75) is 26.8 Å². The molecular formula is C15H19ClN2O. The molecule has 1 N–H and O–H groups in total. The van der Waals surface area contributed by atoms with Crippen molar-refractivity contribution in [1.82, 2.24) is 9.88 Å². The zero-order valence-corrected chi connectivity index (χ0v) is 12.1. The Morgan fingerprint density at radius 2 is 2.16 bits per heavy atom. The van der Waals surface area contributed by atoms with Gasteiger partial charge in [0.05, 0.1) is 10.5 Å². The number of nitrogens with zero attached hydrogens (tertiary/aromatic N) is 1. The number of para-hydroxylation sites is 1. The predicted molar refractivity (Wildman–Crippen MR) is 79.4 cm³/mol. The topological polar surface area (TPSA) is 34.0 Å². The smallest absolute Gasteiger partial charge is 0.239 e. The summed E-state index contributed by atoms with van der Waals surface area (Å²) >= 11 is 6.18. The summed E-state index contributed by atoms with van der Waals surface area (Å²) in [4.78, 5) is 11.9. The van der Waals surface area contributed by atoms with Crippen LogP contribution in [0.5, 0.6) is 0 Å². The molecule has 0 saturated carbocycles. The lowest BCUT2D eigenvalue weighted by molar-refractivity contribution is -0.121. The van der Waals surface area contributed by atoms with E-state index in [0.717, 1.165) is 23.9 Å². The molecule has 19 heavy (non-hydrogen) atoms. The highest BCUT2D eigenvalue weighted by atomic mass is 35.5. The zero-order chi connectivity index (χ0) is 13.8. The predicted octanol–water partition coefficient (Wildman–Crippen LogP) is 3.46. The second-order valence-electron chi connectivity index (χ2n) is 5.15. The molecule has 2 aromatic rings. The average Bonchev–Trinajstić information content (AvgIpc) is 2.73. The van der Waals surface area contributed by atoms with E-state index in [0.29, 0.717) is 17.5 Å². The van der Waals surface area contributed by atoms with Gasteiger partial charge >= 0.3 is 0 Å². The van der Waals surface area contributed by atoms with E-state index >= 15 is 0 Å². The van der Waals surface area contributed by atoms with Crippen molar-refractivity contribution < 1.29 is 4.79 Å². The fourth-order valence-electron chi connectivity index (χ4n) is 2.06. The highest BCUT2D eigenvalue weighted by molar-refractivity contribution is 6.35. The van der Waals surface area contributed by atoms with Crippen LogP contribution in [-0.2, 0) is 11.3 Å². The number of hydrogen-bond acceptors (Lipinski definition) is 1. The minimum atomic E-state index is 0.0260. The van der Waals surface area contributed by atoms with Gasteiger partial charge in [-0.3, -0.25) is 4.79 Å². The second kappa shape index (κ2) is 6.11. The first kappa shape index (κ1) is 13.9. The van der Waals surface area contributed by atoms with Gasteiger partial charge in [-0.1, -0.05) is 37.6 Å². The van der Waals surface area contributed by atoms with E-state index in [9.17, 15) is 4.79 Å². The summed E-state index contributed by atoms with van der Waals surface area (Å²) in [5.74, 6) is 0.625. The molecule has 0 aliphatic rings. The van der Waals surface area contributed by atoms with Gasteiger partial charge in [-0.25, -0.2) is 0 Å². The van der Waals surface area contributed by atoms with Crippen LogP contribution in [0.15, 0.2) is 30.5 Å². The molecule has 4 heteroatoms. The van der Waals surface area contributed by atoms with Crippen molar-refractivity contribution in [3.63, 3.8) is 0 Å². The van der Waals surface area contributed by atoms with Gasteiger partial charge in [0.1, 0.15) is 6.54 Å². The summed E-state index contributed by atoms with van der Waals surface area (Å²) in [5, 5.41) is 4.67. The van der Waals surface area contributed by atoms with E-state index < -0.39 is 0 Å². The Bertz CT molecular complexity index is 575. The molecule has 0 aliphatic carbocycles. The van der Waals surface area contributed by atoms with Gasteiger partial charge in [-0.05, 0) is 24.5 Å². The Labute approximate surface area is 118 Å². The van der Waals surface area contributed by atoms with Gasteiger partial charge in [-0.2, -0.15) is 0 Å². The third kappa shape index (κ3) is 3.51. The lowest BCUT2D eigenvalue weighted by Crippen LogP contribution is -2.28. The molecule has 1 amide bonds. The second-order valence-corrected chi connectivity index (χ2v) is 5.56. The summed E-state index contributed by atoms with van der Waals surface area (Å²) in [7, 11) is 0. The van der Waals surface area contributed by atoms with E-state index in [2.05, 4.69) is 19.2 Å². The number of fused-ring (bicyclic) bond motifs is 1. The standard InChI is InChI=1S/C15H19ClN2O/c1-11(2)6-8-17-14(19)10-18-9-7-12-4-3-5-13(16)15(12)18/h3-5,7,9,11H,6,8,10H2,1-2H3,(H,17,19). The third-order valence-corrected chi connectivity index (χ3v) is 3.40. The summed E-state index contributed by atoms with van der Waals surface area (Å²) in [6, 6.07) is 7.73. The molecule has 0 spiro atoms. The Morgan fingerprint density at radius 1 is 1.37 bits per heavy atom. The van der Waals surface area contributed by atoms with Gasteiger partial charge < -0.3 is 9.88 Å². The maximum atomic E-state index is 11.9. The van der Waals surface area contributed by atoms with Crippen LogP contribution in [0.25, 0.3) is 10.9 Å². The number of benzene rings is 1. The molecule has 1 heterocycles. The van der Waals surface area contributed by atoms with Crippen LogP contribution in [0.2, 0.25) is 5.02 Å². The van der Waals surface area contributed by atoms with E-state index in [1.807, 2.05) is 35.0 Å². The molecular weight excluding hydrogens is 260 g/mol. The molecule has 0 aliphatic heterocycles. The molecule has 0 bridgehead atoms. The first-order chi connectivity index (χ1) is 9.08. The monoisotopic (exact) mass is 278 g/mol. The molecule has 0 fully saturated rings. The third-order valence-electron chi connectivity index (χ3n) is 3.10. The first-order valence-corrected chi connectivity index (χ1v) is 6.96. The van der Waals surface area contributed by atoms with Crippen molar-refractivity contribution in [3.8, 4) is 0 Å². The van der Waals surface area contributed by atoms with Crippen LogP contribution in [-0.4, -0.2) is 17.0 Å². The van der Waals surface area contributed by atoms with Gasteiger partial charge in [0.15, 0.2) is 0 Å². The number of hydrogen-bond donors (Lipinski definition) is 1. The van der Waals surface area contributed by atoms with Crippen molar-refractivity contribution in [2.24, 2.45) is 5.92 Å². The van der Waals surface area contributed by atoms with E-state index in [4.69, 9.17) is 11.6 Å². The Morgan fingerprint density at radius 3 is 2.89 bits per heavy atom. The lowest BCUT2D eigenvalue weighted by atomic mass is 10.1. The minimum absolute atomic E-state index is 0.0260. The van der Waals surface area contributed by atoms with Crippen LogP contribution >= 0.6 is 11.6 Å². The number of halogens is 1. The normalized spacial score (nSPS) is 11.2. The van der Waals surface area contributed by atoms with E-state index in [1.54, 1.807) is 0 Å². The largest absolute Gasteiger partial charge is 0.355 e. The summed E-state index contributed by atoms with van der Waals surface area (Å²) < 4.78 is 1.89. The van der Waals surface area contributed by atoms with Crippen molar-refractivity contribution in [1.29, 1.82) is 0 Å². The van der Waals surface area contributed by atoms with Gasteiger partial charge in [0.25, 0.3) is 0 Å². The van der Waals surface area contributed by atoms with Crippen LogP contribution in [0.3, 0.4) is 0 Å². The van der Waals surface area contributed by atoms with Crippen molar-refractivity contribution in [3.05, 3.63) is 35.5 Å². The first-order valence-electron chi connectivity index (χ1n) is 6.58. The molecule has 0 unspecified atom stereocenters. The molecule has 3 nitrogen and oxygen atoms in total. The molecule has 0 radical (unpaired) electrons. The number of amides is 1. The number of carbonyl (C=O) groups excluding carboxylic acids is 1. The highest BCUT2D eigenvalue weighted by Crippen LogP contribution is 2.24. The van der Waals surface area contributed by atoms with Crippen molar-refractivity contribution in [2.75, 3.05) is 6.54 Å². The Kier molecular flexibility index (Phi) is 4.48. The summed E-state index contributed by atoms with van der Waals surface area (Å²) in [5.41, 5.74) is 0.920. The van der Waals surface area contributed by atoms with Crippen molar-refractivity contribution >= 4 is 28.4 Å². The van der Waals surface area contributed by atoms with Gasteiger partial charge in [-0.15, -0.1) is 0 Å². The van der Waals surface area contributed by atoms with Crippen LogP contribution in [0.1, 0.15) is 20.3 Å². The number of nitrogens with one attached hydrogen (secondary N) is 1. The molecule has 0 saturated heterocycles. The average molecular weight is 279 g/mol. The molecule has 102 valence electrons. The summed E-state index contributed by atoms with van der Waals surface area (Å²) in [6.45, 7) is 5.32. The van der Waals surface area contributed by atoms with E-state index in [1.165, 1.54) is 0 Å².